The summed E-state index contributed by atoms with van der Waals surface area (Å²) in [5, 5.41) is 0. The Kier molecular flexibility index (Phi) is 4.60. The number of sulfonamides is 1. The first kappa shape index (κ1) is 15.9. The number of nitrogens with zero attached hydrogens (tertiary/aromatic N) is 2. The maximum absolute atomic E-state index is 12.6. The SMILES string of the molecule is CC(=O)N1CCN(S(=O)(=O)c2cccc(C(N)=S)c2)CC1. The van der Waals surface area contributed by atoms with Gasteiger partial charge in [-0.15, -0.1) is 0 Å². The van der Waals surface area contributed by atoms with Crippen LogP contribution in [0.5, 0.6) is 0 Å². The van der Waals surface area contributed by atoms with Gasteiger partial charge in [-0.2, -0.15) is 4.31 Å². The Morgan fingerprint density at radius 2 is 1.86 bits per heavy atom. The summed E-state index contributed by atoms with van der Waals surface area (Å²) >= 11 is 4.87. The molecule has 114 valence electrons. The molecule has 0 aliphatic carbocycles. The Labute approximate surface area is 129 Å². The average Bonchev–Trinajstić information content (AvgIpc) is 2.47. The van der Waals surface area contributed by atoms with Crippen LogP contribution in [0.15, 0.2) is 29.2 Å². The molecule has 21 heavy (non-hydrogen) atoms. The second-order valence-corrected chi connectivity index (χ2v) is 7.18. The molecule has 0 aromatic heterocycles. The quantitative estimate of drug-likeness (QED) is 0.800. The van der Waals surface area contributed by atoms with E-state index in [9.17, 15) is 13.2 Å². The highest BCUT2D eigenvalue weighted by Crippen LogP contribution is 2.19. The van der Waals surface area contributed by atoms with Crippen molar-refractivity contribution in [1.82, 2.24) is 9.21 Å². The van der Waals surface area contributed by atoms with Crippen LogP contribution in [0.3, 0.4) is 0 Å². The minimum atomic E-state index is -3.59. The molecule has 1 aliphatic heterocycles. The Morgan fingerprint density at radius 1 is 1.24 bits per heavy atom. The molecule has 1 heterocycles. The van der Waals surface area contributed by atoms with Gasteiger partial charge in [0.05, 0.1) is 4.90 Å². The van der Waals surface area contributed by atoms with Crippen LogP contribution >= 0.6 is 12.2 Å². The van der Waals surface area contributed by atoms with Crippen molar-refractivity contribution in [2.75, 3.05) is 26.2 Å². The molecule has 0 unspecified atom stereocenters. The fourth-order valence-electron chi connectivity index (χ4n) is 2.20. The smallest absolute Gasteiger partial charge is 0.243 e. The Bertz CT molecular complexity index is 665. The molecule has 0 bridgehead atoms. The molecule has 0 spiro atoms. The molecule has 1 saturated heterocycles. The highest BCUT2D eigenvalue weighted by molar-refractivity contribution is 7.89. The van der Waals surface area contributed by atoms with Gasteiger partial charge in [-0.05, 0) is 12.1 Å². The average molecular weight is 327 g/mol. The minimum Gasteiger partial charge on any atom is -0.389 e. The number of nitrogens with two attached hydrogens (primary N) is 1. The lowest BCUT2D eigenvalue weighted by Crippen LogP contribution is -2.49. The van der Waals surface area contributed by atoms with Gasteiger partial charge in [0.1, 0.15) is 4.99 Å². The van der Waals surface area contributed by atoms with Crippen LogP contribution in [-0.4, -0.2) is 54.7 Å². The fourth-order valence-corrected chi connectivity index (χ4v) is 3.80. The molecular weight excluding hydrogens is 310 g/mol. The van der Waals surface area contributed by atoms with Gasteiger partial charge in [0.25, 0.3) is 0 Å². The summed E-state index contributed by atoms with van der Waals surface area (Å²) in [6.07, 6.45) is 0. The van der Waals surface area contributed by atoms with Crippen molar-refractivity contribution in [3.8, 4) is 0 Å². The third-order valence-corrected chi connectivity index (χ3v) is 5.57. The van der Waals surface area contributed by atoms with Crippen molar-refractivity contribution in [3.63, 3.8) is 0 Å². The third-order valence-electron chi connectivity index (χ3n) is 3.44. The van der Waals surface area contributed by atoms with Crippen LogP contribution in [0.2, 0.25) is 0 Å². The maximum Gasteiger partial charge on any atom is 0.243 e. The summed E-state index contributed by atoms with van der Waals surface area (Å²) in [5.41, 5.74) is 6.06. The molecule has 1 amide bonds. The highest BCUT2D eigenvalue weighted by atomic mass is 32.2. The van der Waals surface area contributed by atoms with Gasteiger partial charge >= 0.3 is 0 Å². The van der Waals surface area contributed by atoms with Gasteiger partial charge in [-0.25, -0.2) is 8.42 Å². The van der Waals surface area contributed by atoms with Crippen LogP contribution in [0.25, 0.3) is 0 Å². The number of rotatable bonds is 3. The van der Waals surface area contributed by atoms with E-state index in [2.05, 4.69) is 0 Å². The predicted octanol–water partition coefficient (Wildman–Crippen LogP) is 0.174. The van der Waals surface area contributed by atoms with Crippen LogP contribution < -0.4 is 5.73 Å². The van der Waals surface area contributed by atoms with Crippen LogP contribution in [0.4, 0.5) is 0 Å². The Morgan fingerprint density at radius 3 is 2.38 bits per heavy atom. The van der Waals surface area contributed by atoms with Crippen molar-refractivity contribution >= 4 is 33.1 Å². The van der Waals surface area contributed by atoms with Crippen LogP contribution in [0, 0.1) is 0 Å². The van der Waals surface area contributed by atoms with E-state index in [0.29, 0.717) is 31.7 Å². The van der Waals surface area contributed by atoms with Crippen molar-refractivity contribution in [2.45, 2.75) is 11.8 Å². The van der Waals surface area contributed by atoms with Gasteiger partial charge in [0, 0.05) is 38.7 Å². The summed E-state index contributed by atoms with van der Waals surface area (Å²) in [6, 6.07) is 6.30. The molecule has 0 saturated carbocycles. The first-order valence-corrected chi connectivity index (χ1v) is 8.33. The van der Waals surface area contributed by atoms with Crippen molar-refractivity contribution < 1.29 is 13.2 Å². The fraction of sp³-hybridized carbons (Fsp3) is 0.385. The topological polar surface area (TPSA) is 83.7 Å². The van der Waals surface area contributed by atoms with E-state index in [-0.39, 0.29) is 15.8 Å². The monoisotopic (exact) mass is 327 g/mol. The molecular formula is C13H17N3O3S2. The normalized spacial score (nSPS) is 16.7. The molecule has 0 radical (unpaired) electrons. The van der Waals surface area contributed by atoms with Crippen molar-refractivity contribution in [3.05, 3.63) is 29.8 Å². The van der Waals surface area contributed by atoms with E-state index in [4.69, 9.17) is 18.0 Å². The molecule has 2 rings (SSSR count). The van der Waals surface area contributed by atoms with E-state index in [1.807, 2.05) is 0 Å². The number of thiocarbonyl (C=S) groups is 1. The second-order valence-electron chi connectivity index (χ2n) is 4.80. The number of hydrogen-bond donors (Lipinski definition) is 1. The summed E-state index contributed by atoms with van der Waals surface area (Å²) in [6.45, 7) is 2.88. The van der Waals surface area contributed by atoms with E-state index in [1.54, 1.807) is 17.0 Å². The molecule has 6 nitrogen and oxygen atoms in total. The van der Waals surface area contributed by atoms with E-state index >= 15 is 0 Å². The first-order chi connectivity index (χ1) is 9.82. The molecule has 0 atom stereocenters. The lowest BCUT2D eigenvalue weighted by molar-refractivity contribution is -0.129. The zero-order valence-electron chi connectivity index (χ0n) is 11.7. The lowest BCUT2D eigenvalue weighted by atomic mass is 10.2. The first-order valence-electron chi connectivity index (χ1n) is 6.48. The largest absolute Gasteiger partial charge is 0.389 e. The highest BCUT2D eigenvalue weighted by Gasteiger charge is 2.29. The van der Waals surface area contributed by atoms with Crippen LogP contribution in [0.1, 0.15) is 12.5 Å². The Hall–Kier alpha value is -1.51. The molecule has 1 aliphatic rings. The summed E-state index contributed by atoms with van der Waals surface area (Å²) in [7, 11) is -3.59. The third kappa shape index (κ3) is 3.39. The van der Waals surface area contributed by atoms with E-state index in [1.165, 1.54) is 23.4 Å². The standard InChI is InChI=1S/C13H17N3O3S2/c1-10(17)15-5-7-16(8-6-15)21(18,19)12-4-2-3-11(9-12)13(14)20/h2-4,9H,5-8H2,1H3,(H2,14,20). The van der Waals surface area contributed by atoms with Gasteiger partial charge < -0.3 is 10.6 Å². The van der Waals surface area contributed by atoms with Gasteiger partial charge in [0.15, 0.2) is 0 Å². The maximum atomic E-state index is 12.6. The van der Waals surface area contributed by atoms with Gasteiger partial charge in [0.2, 0.25) is 15.9 Å². The van der Waals surface area contributed by atoms with E-state index in [0.717, 1.165) is 0 Å². The Balaban J connectivity index is 2.21. The second kappa shape index (κ2) is 6.08. The summed E-state index contributed by atoms with van der Waals surface area (Å²) < 4.78 is 26.5. The number of piperazine rings is 1. The minimum absolute atomic E-state index is 0.0393. The zero-order valence-corrected chi connectivity index (χ0v) is 13.3. The molecule has 1 aromatic carbocycles. The van der Waals surface area contributed by atoms with Gasteiger partial charge in [-0.1, -0.05) is 24.4 Å². The number of carbonyl (C=O) groups is 1. The van der Waals surface area contributed by atoms with Crippen LogP contribution in [-0.2, 0) is 14.8 Å². The summed E-state index contributed by atoms with van der Waals surface area (Å²) in [4.78, 5) is 13.2. The van der Waals surface area contributed by atoms with Crippen molar-refractivity contribution in [2.24, 2.45) is 5.73 Å². The number of benzene rings is 1. The van der Waals surface area contributed by atoms with E-state index < -0.39 is 10.0 Å². The number of amides is 1. The van der Waals surface area contributed by atoms with Crippen molar-refractivity contribution in [1.29, 1.82) is 0 Å². The van der Waals surface area contributed by atoms with Gasteiger partial charge in [-0.3, -0.25) is 4.79 Å². The molecule has 8 heteroatoms. The summed E-state index contributed by atoms with van der Waals surface area (Å²) in [5.74, 6) is -0.0393. The molecule has 1 fully saturated rings. The molecule has 2 N–H and O–H groups in total. The zero-order chi connectivity index (χ0) is 15.6. The number of carbonyl (C=O) groups excluding carboxylic acids is 1. The number of hydrogen-bond acceptors (Lipinski definition) is 4. The molecule has 1 aromatic rings. The predicted molar refractivity (Wildman–Crippen MR) is 83.3 cm³/mol. The lowest BCUT2D eigenvalue weighted by Gasteiger charge is -2.33.